The summed E-state index contributed by atoms with van der Waals surface area (Å²) in [6.07, 6.45) is -14.9. The molecule has 1 aromatic heterocycles. The lowest BCUT2D eigenvalue weighted by molar-refractivity contribution is -0.344. The molecule has 0 aliphatic carbocycles. The van der Waals surface area contributed by atoms with Crippen LogP contribution >= 0.6 is 0 Å². The normalized spacial score (nSPS) is 12.8. The van der Waals surface area contributed by atoms with Crippen LogP contribution in [-0.4, -0.2) is 94.0 Å². The molecule has 0 bridgehead atoms. The number of hydrogen-bond donors (Lipinski definition) is 4. The van der Waals surface area contributed by atoms with Crippen molar-refractivity contribution in [2.24, 2.45) is 10.2 Å². The number of aliphatic carboxylic acids is 3. The second-order valence-corrected chi connectivity index (χ2v) is 9.68. The summed E-state index contributed by atoms with van der Waals surface area (Å²) in [6, 6.07) is 0. The van der Waals surface area contributed by atoms with Gasteiger partial charge in [-0.05, 0) is 39.7 Å². The number of alkyl halides is 9. The molecular formula is C25H30F9N5O10. The Bertz CT molecular complexity index is 1320. The number of carbonyl (C=O) groups excluding carboxylic acids is 3. The minimum Gasteiger partial charge on any atom is -0.542 e. The van der Waals surface area contributed by atoms with E-state index >= 15 is 0 Å². The van der Waals surface area contributed by atoms with Crippen LogP contribution in [0.4, 0.5) is 39.5 Å². The number of hydrogen-bond acceptors (Lipinski definition) is 11. The number of aromatic nitrogens is 1. The van der Waals surface area contributed by atoms with Crippen molar-refractivity contribution in [2.45, 2.75) is 78.6 Å². The maximum atomic E-state index is 12.6. The first-order valence-corrected chi connectivity index (χ1v) is 13.1. The van der Waals surface area contributed by atoms with Crippen LogP contribution in [0.2, 0.25) is 0 Å². The quantitative estimate of drug-likeness (QED) is 0.224. The van der Waals surface area contributed by atoms with Gasteiger partial charge in [0.1, 0.15) is 23.8 Å². The number of ether oxygens (including phenoxy) is 2. The monoisotopic (exact) mass is 731 g/mol. The van der Waals surface area contributed by atoms with Crippen molar-refractivity contribution in [3.63, 3.8) is 0 Å². The lowest BCUT2D eigenvalue weighted by Gasteiger charge is -2.19. The van der Waals surface area contributed by atoms with E-state index in [4.69, 9.17) is 39.2 Å². The molecule has 0 atom stereocenters. The molecule has 0 unspecified atom stereocenters. The largest absolute Gasteiger partial charge is 0.542 e. The summed E-state index contributed by atoms with van der Waals surface area (Å²) in [5.74, 6) is -8.33. The Hall–Kier alpha value is -4.74. The minimum absolute atomic E-state index is 0.244. The lowest BCUT2D eigenvalue weighted by atomic mass is 10.1. The van der Waals surface area contributed by atoms with Crippen LogP contribution in [0.25, 0.3) is 0 Å². The Morgan fingerprint density at radius 3 is 1.59 bits per heavy atom. The average Bonchev–Trinajstić information content (AvgIpc) is 3.50. The zero-order chi connectivity index (χ0) is 39.1. The number of rotatable bonds is 8. The maximum Gasteiger partial charge on any atom is 0.490 e. The number of carboxylic acid groups (broad SMARTS) is 3. The van der Waals surface area contributed by atoms with Crippen molar-refractivity contribution in [1.29, 1.82) is 0 Å². The Kier molecular flexibility index (Phi) is 18.3. The third kappa shape index (κ3) is 19.0. The molecule has 0 amide bonds. The fourth-order valence-corrected chi connectivity index (χ4v) is 2.77. The van der Waals surface area contributed by atoms with E-state index in [0.29, 0.717) is 48.0 Å². The van der Waals surface area contributed by atoms with E-state index in [1.807, 2.05) is 6.92 Å². The van der Waals surface area contributed by atoms with E-state index in [-0.39, 0.29) is 12.3 Å². The van der Waals surface area contributed by atoms with E-state index in [0.717, 1.165) is 0 Å². The fraction of sp³-hybridized carbons (Fsp3) is 0.560. The van der Waals surface area contributed by atoms with Gasteiger partial charge in [0.15, 0.2) is 5.32 Å². The first-order chi connectivity index (χ1) is 22.0. The Balaban J connectivity index is 0. The highest BCUT2D eigenvalue weighted by Gasteiger charge is 2.39. The molecule has 2 rings (SSSR count). The van der Waals surface area contributed by atoms with Crippen LogP contribution in [0.3, 0.4) is 0 Å². The van der Waals surface area contributed by atoms with Crippen molar-refractivity contribution in [3.05, 3.63) is 22.5 Å². The molecule has 0 fully saturated rings. The van der Waals surface area contributed by atoms with Crippen LogP contribution in [0, 0.1) is 0 Å². The van der Waals surface area contributed by atoms with E-state index in [1.165, 1.54) is 0 Å². The lowest BCUT2D eigenvalue weighted by Crippen LogP contribution is -2.37. The summed E-state index contributed by atoms with van der Waals surface area (Å²) in [5.41, 5.74) is 1.16. The Morgan fingerprint density at radius 2 is 1.29 bits per heavy atom. The first kappa shape index (κ1) is 46.4. The smallest absolute Gasteiger partial charge is 0.490 e. The minimum atomic E-state index is -5.19. The Morgan fingerprint density at radius 1 is 0.837 bits per heavy atom. The van der Waals surface area contributed by atoms with Gasteiger partial charge in [0.05, 0.1) is 12.2 Å². The molecule has 49 heavy (non-hydrogen) atoms. The number of halogens is 9. The van der Waals surface area contributed by atoms with Crippen LogP contribution in [0.1, 0.15) is 73.6 Å². The number of carboxylic acids is 3. The topological polar surface area (TPSA) is 234 Å². The van der Waals surface area contributed by atoms with Crippen molar-refractivity contribution in [3.8, 4) is 0 Å². The summed E-state index contributed by atoms with van der Waals surface area (Å²) >= 11 is 0. The standard InChI is InChI=1S/C19H28N5O4.3C2HF3O2/c1-7-12-15(17(25)27-8-2)13(9-20-10-14-21-11(3)23-24-14)22-16(12)18(26)28-19(4,5)6;3*3-2(4,5)1(6)7/h20,22H,7-10H2,1-6H3;3*(H,6,7)/q+1;;;/p-1. The zero-order valence-electron chi connectivity index (χ0n) is 26.2. The molecule has 0 aromatic carbocycles. The predicted molar refractivity (Wildman–Crippen MR) is 144 cm³/mol. The summed E-state index contributed by atoms with van der Waals surface area (Å²) in [6.45, 7) is 11.7. The molecule has 0 spiro atoms. The highest BCUT2D eigenvalue weighted by Crippen LogP contribution is 2.24. The number of nitrogens with one attached hydrogen (secondary N) is 2. The van der Waals surface area contributed by atoms with Gasteiger partial charge in [-0.2, -0.15) is 39.5 Å². The average molecular weight is 732 g/mol. The molecule has 15 nitrogen and oxygen atoms in total. The summed E-state index contributed by atoms with van der Waals surface area (Å²) < 4.78 is 106. The maximum absolute atomic E-state index is 12.6. The van der Waals surface area contributed by atoms with Gasteiger partial charge in [-0.15, -0.1) is 0 Å². The van der Waals surface area contributed by atoms with Crippen molar-refractivity contribution in [2.75, 3.05) is 13.2 Å². The fourth-order valence-electron chi connectivity index (χ4n) is 2.77. The summed E-state index contributed by atoms with van der Waals surface area (Å²) in [7, 11) is 0. The summed E-state index contributed by atoms with van der Waals surface area (Å²) in [5, 5.41) is 38.2. The van der Waals surface area contributed by atoms with Crippen LogP contribution in [0.15, 0.2) is 10.2 Å². The van der Waals surface area contributed by atoms with Crippen LogP contribution in [-0.2, 0) is 36.8 Å². The van der Waals surface area contributed by atoms with Gasteiger partial charge < -0.3 is 39.9 Å². The van der Waals surface area contributed by atoms with E-state index in [9.17, 15) is 49.1 Å². The molecule has 1 aliphatic rings. The van der Waals surface area contributed by atoms with Gasteiger partial charge >= 0.3 is 54.1 Å². The van der Waals surface area contributed by atoms with Crippen LogP contribution in [0.5, 0.6) is 0 Å². The van der Waals surface area contributed by atoms with Crippen molar-refractivity contribution >= 4 is 41.5 Å². The van der Waals surface area contributed by atoms with Gasteiger partial charge in [0.2, 0.25) is 0 Å². The third-order valence-electron chi connectivity index (χ3n) is 4.52. The van der Waals surface area contributed by atoms with Gasteiger partial charge in [0.25, 0.3) is 0 Å². The highest BCUT2D eigenvalue weighted by atomic mass is 19.4. The Labute approximate surface area is 270 Å². The number of amidine groups is 2. The number of H-pyrrole nitrogens is 1. The molecule has 278 valence electrons. The van der Waals surface area contributed by atoms with E-state index < -0.39 is 54.0 Å². The van der Waals surface area contributed by atoms with Gasteiger partial charge in [-0.25, -0.2) is 19.2 Å². The highest BCUT2D eigenvalue weighted by molar-refractivity contribution is 6.03. The van der Waals surface area contributed by atoms with Gasteiger partial charge in [0, 0.05) is 19.2 Å². The molecule has 1 aliphatic heterocycles. The van der Waals surface area contributed by atoms with E-state index in [1.54, 1.807) is 34.6 Å². The van der Waals surface area contributed by atoms with Gasteiger partial charge in [-0.1, -0.05) is 17.1 Å². The van der Waals surface area contributed by atoms with Gasteiger partial charge in [-0.3, -0.25) is 0 Å². The molecule has 2 radical (unpaired) electrons. The molecular weight excluding hydrogens is 701 g/mol. The number of esters is 2. The number of nitrogens with zero attached hydrogens (tertiary/aromatic N) is 3. The third-order valence-corrected chi connectivity index (χ3v) is 4.52. The molecule has 2 heterocycles. The summed E-state index contributed by atoms with van der Waals surface area (Å²) in [4.78, 5) is 54.8. The predicted octanol–water partition coefficient (Wildman–Crippen LogP) is 2.71. The van der Waals surface area contributed by atoms with Crippen LogP contribution < -0.4 is 15.7 Å². The molecule has 0 saturated carbocycles. The molecule has 0 saturated heterocycles. The SMILES string of the molecule is CCOC(=O)c1c(CNCC2=NN=C(C)[N+]2)[nH]c(C(=O)OC(C)(C)C)c1CC.O=C(O)C(F)(F)F.O=C(O)C(F)(F)F.O=C([O-])C(F)(F)F. The zero-order valence-corrected chi connectivity index (χ0v) is 26.2. The first-order valence-electron chi connectivity index (χ1n) is 13.1. The number of carbonyl (C=O) groups is 5. The second-order valence-electron chi connectivity index (χ2n) is 9.68. The van der Waals surface area contributed by atoms with Crippen molar-refractivity contribution in [1.82, 2.24) is 15.6 Å². The van der Waals surface area contributed by atoms with E-state index in [2.05, 4.69) is 25.8 Å². The second kappa shape index (κ2) is 19.3. The van der Waals surface area contributed by atoms with Crippen molar-refractivity contribution < 1.29 is 88.3 Å². The molecule has 4 N–H and O–H groups in total. The number of aromatic amines is 1. The molecule has 1 aromatic rings. The molecule has 24 heteroatoms.